The van der Waals surface area contributed by atoms with Gasteiger partial charge in [-0.2, -0.15) is 0 Å². The first kappa shape index (κ1) is 16.1. The fourth-order valence-electron chi connectivity index (χ4n) is 1.32. The lowest BCUT2D eigenvalue weighted by atomic mass is 10.1. The van der Waals surface area contributed by atoms with Crippen molar-refractivity contribution >= 4 is 23.3 Å². The molecule has 0 saturated carbocycles. The van der Waals surface area contributed by atoms with Crippen LogP contribution in [0.1, 0.15) is 20.8 Å². The van der Waals surface area contributed by atoms with Crippen LogP contribution in [0.5, 0.6) is 0 Å². The van der Waals surface area contributed by atoms with E-state index in [4.69, 9.17) is 21.7 Å². The predicted molar refractivity (Wildman–Crippen MR) is 70.8 cm³/mol. The molecule has 0 heterocycles. The van der Waals surface area contributed by atoms with Crippen LogP contribution in [0.2, 0.25) is 0 Å². The molecule has 0 aliphatic heterocycles. The summed E-state index contributed by atoms with van der Waals surface area (Å²) >= 11 is 5.12. The molecule has 2 N–H and O–H groups in total. The van der Waals surface area contributed by atoms with E-state index in [9.17, 15) is 4.79 Å². The smallest absolute Gasteiger partial charge is 0.328 e. The second kappa shape index (κ2) is 8.25. The monoisotopic (exact) mass is 262 g/mol. The first-order valence-corrected chi connectivity index (χ1v) is 5.97. The highest BCUT2D eigenvalue weighted by molar-refractivity contribution is 7.80. The van der Waals surface area contributed by atoms with E-state index in [0.29, 0.717) is 11.7 Å². The van der Waals surface area contributed by atoms with Crippen molar-refractivity contribution in [1.82, 2.24) is 10.6 Å². The van der Waals surface area contributed by atoms with Crippen LogP contribution in [-0.2, 0) is 14.3 Å². The van der Waals surface area contributed by atoms with E-state index in [-0.39, 0.29) is 17.9 Å². The lowest BCUT2D eigenvalue weighted by Gasteiger charge is -2.23. The van der Waals surface area contributed by atoms with Crippen molar-refractivity contribution < 1.29 is 14.3 Å². The molecule has 2 atom stereocenters. The van der Waals surface area contributed by atoms with Gasteiger partial charge in [0.05, 0.1) is 13.7 Å². The van der Waals surface area contributed by atoms with Gasteiger partial charge in [0, 0.05) is 13.2 Å². The number of hydrogen-bond donors (Lipinski definition) is 2. The Hall–Kier alpha value is -0.880. The van der Waals surface area contributed by atoms with Crippen LogP contribution in [0.15, 0.2) is 0 Å². The molecule has 0 fully saturated rings. The maximum Gasteiger partial charge on any atom is 0.328 e. The van der Waals surface area contributed by atoms with E-state index < -0.39 is 6.04 Å². The minimum Gasteiger partial charge on any atom is -0.467 e. The minimum absolute atomic E-state index is 0.0884. The number of esters is 1. The van der Waals surface area contributed by atoms with Crippen molar-refractivity contribution in [3.8, 4) is 0 Å². The molecule has 0 aromatic rings. The molecule has 0 aliphatic carbocycles. The molecule has 0 rings (SSSR count). The number of ether oxygens (including phenoxy) is 2. The summed E-state index contributed by atoms with van der Waals surface area (Å²) in [6, 6.07) is -0.347. The Bertz CT molecular complexity index is 259. The third-order valence-corrected chi connectivity index (χ3v) is 2.44. The van der Waals surface area contributed by atoms with Crippen LogP contribution in [0, 0.1) is 5.92 Å². The molecule has 100 valence electrons. The highest BCUT2D eigenvalue weighted by Crippen LogP contribution is 2.03. The molecule has 17 heavy (non-hydrogen) atoms. The van der Waals surface area contributed by atoms with Gasteiger partial charge in [-0.3, -0.25) is 0 Å². The van der Waals surface area contributed by atoms with Gasteiger partial charge in [0.1, 0.15) is 6.04 Å². The first-order chi connectivity index (χ1) is 7.92. The summed E-state index contributed by atoms with van der Waals surface area (Å²) in [7, 11) is 2.99. The normalized spacial score (nSPS) is 14.0. The van der Waals surface area contributed by atoms with Gasteiger partial charge in [-0.1, -0.05) is 13.8 Å². The second-order valence-electron chi connectivity index (χ2n) is 4.22. The molecular formula is C11H22N2O3S. The van der Waals surface area contributed by atoms with Crippen molar-refractivity contribution in [3.63, 3.8) is 0 Å². The third-order valence-electron chi connectivity index (χ3n) is 2.20. The molecular weight excluding hydrogens is 240 g/mol. The summed E-state index contributed by atoms with van der Waals surface area (Å²) in [5.41, 5.74) is 0. The van der Waals surface area contributed by atoms with Crippen molar-refractivity contribution in [2.24, 2.45) is 5.92 Å². The number of hydrogen-bond acceptors (Lipinski definition) is 4. The molecule has 6 heteroatoms. The predicted octanol–water partition coefficient (Wildman–Crippen LogP) is 0.683. The highest BCUT2D eigenvalue weighted by atomic mass is 32.1. The van der Waals surface area contributed by atoms with Gasteiger partial charge in [0.2, 0.25) is 0 Å². The van der Waals surface area contributed by atoms with Crippen LogP contribution in [0.25, 0.3) is 0 Å². The topological polar surface area (TPSA) is 59.6 Å². The van der Waals surface area contributed by atoms with E-state index in [0.717, 1.165) is 0 Å². The molecule has 0 radical (unpaired) electrons. The van der Waals surface area contributed by atoms with Gasteiger partial charge in [-0.25, -0.2) is 4.79 Å². The SMILES string of the molecule is COCC(C)NC(=S)NC(C(=O)OC)C(C)C. The van der Waals surface area contributed by atoms with Gasteiger partial charge >= 0.3 is 5.97 Å². The molecule has 0 amide bonds. The first-order valence-electron chi connectivity index (χ1n) is 5.56. The number of methoxy groups -OCH3 is 2. The Labute approximate surface area is 108 Å². The summed E-state index contributed by atoms with van der Waals surface area (Å²) in [4.78, 5) is 11.5. The fourth-order valence-corrected chi connectivity index (χ4v) is 1.65. The molecule has 0 aliphatic rings. The quantitative estimate of drug-likeness (QED) is 0.542. The Morgan fingerprint density at radius 3 is 2.24 bits per heavy atom. The molecule has 0 bridgehead atoms. The van der Waals surface area contributed by atoms with Crippen LogP contribution in [0.3, 0.4) is 0 Å². The van der Waals surface area contributed by atoms with Crippen LogP contribution in [0.4, 0.5) is 0 Å². The summed E-state index contributed by atoms with van der Waals surface area (Å²) in [6.45, 7) is 6.35. The maximum absolute atomic E-state index is 11.5. The number of nitrogens with one attached hydrogen (secondary N) is 2. The van der Waals surface area contributed by atoms with Gasteiger partial charge in [0.15, 0.2) is 5.11 Å². The largest absolute Gasteiger partial charge is 0.467 e. The molecule has 0 spiro atoms. The summed E-state index contributed by atoms with van der Waals surface area (Å²) < 4.78 is 9.70. The van der Waals surface area contributed by atoms with Crippen molar-refractivity contribution in [2.45, 2.75) is 32.9 Å². The minimum atomic E-state index is -0.435. The Morgan fingerprint density at radius 1 is 1.24 bits per heavy atom. The molecule has 0 aromatic carbocycles. The van der Waals surface area contributed by atoms with Gasteiger partial charge < -0.3 is 20.1 Å². The summed E-state index contributed by atoms with van der Waals surface area (Å²) in [6.07, 6.45) is 0. The van der Waals surface area contributed by atoms with Crippen LogP contribution < -0.4 is 10.6 Å². The van der Waals surface area contributed by atoms with E-state index in [1.54, 1.807) is 7.11 Å². The number of carbonyl (C=O) groups is 1. The van der Waals surface area contributed by atoms with E-state index in [1.165, 1.54) is 7.11 Å². The van der Waals surface area contributed by atoms with E-state index in [2.05, 4.69) is 10.6 Å². The Morgan fingerprint density at radius 2 is 1.82 bits per heavy atom. The van der Waals surface area contributed by atoms with Gasteiger partial charge in [-0.15, -0.1) is 0 Å². The van der Waals surface area contributed by atoms with E-state index in [1.807, 2.05) is 20.8 Å². The standard InChI is InChI=1S/C11H22N2O3S/c1-7(2)9(10(14)16-5)13-11(17)12-8(3)6-15-4/h7-9H,6H2,1-5H3,(H2,12,13,17). The zero-order valence-electron chi connectivity index (χ0n) is 11.1. The average Bonchev–Trinajstić information content (AvgIpc) is 2.24. The average molecular weight is 262 g/mol. The van der Waals surface area contributed by atoms with Crippen molar-refractivity contribution in [2.75, 3.05) is 20.8 Å². The van der Waals surface area contributed by atoms with E-state index >= 15 is 0 Å². The number of thiocarbonyl (C=S) groups is 1. The lowest BCUT2D eigenvalue weighted by molar-refractivity contribution is -0.143. The molecule has 0 aromatic heterocycles. The number of carbonyl (C=O) groups excluding carboxylic acids is 1. The van der Waals surface area contributed by atoms with Gasteiger partial charge in [-0.05, 0) is 25.1 Å². The third kappa shape index (κ3) is 6.43. The Balaban J connectivity index is 4.27. The second-order valence-corrected chi connectivity index (χ2v) is 4.63. The number of rotatable bonds is 6. The molecule has 5 nitrogen and oxygen atoms in total. The summed E-state index contributed by atoms with van der Waals surface area (Å²) in [5.74, 6) is -0.219. The zero-order valence-corrected chi connectivity index (χ0v) is 11.9. The lowest BCUT2D eigenvalue weighted by Crippen LogP contribution is -2.51. The Kier molecular flexibility index (Phi) is 7.82. The highest BCUT2D eigenvalue weighted by Gasteiger charge is 2.23. The van der Waals surface area contributed by atoms with Crippen molar-refractivity contribution in [1.29, 1.82) is 0 Å². The summed E-state index contributed by atoms with van der Waals surface area (Å²) in [5, 5.41) is 6.41. The van der Waals surface area contributed by atoms with Crippen molar-refractivity contribution in [3.05, 3.63) is 0 Å². The molecule has 0 saturated heterocycles. The molecule has 2 unspecified atom stereocenters. The fraction of sp³-hybridized carbons (Fsp3) is 0.818. The zero-order chi connectivity index (χ0) is 13.4. The van der Waals surface area contributed by atoms with Gasteiger partial charge in [0.25, 0.3) is 0 Å². The maximum atomic E-state index is 11.5. The van der Waals surface area contributed by atoms with Crippen LogP contribution in [-0.4, -0.2) is 44.0 Å². The van der Waals surface area contributed by atoms with Crippen LogP contribution >= 0.6 is 12.2 Å².